The number of alkyl halides is 1. The van der Waals surface area contributed by atoms with Gasteiger partial charge in [-0.1, -0.05) is 0 Å². The molecule has 0 saturated carbocycles. The van der Waals surface area contributed by atoms with Gasteiger partial charge in [0.25, 0.3) is 0 Å². The third kappa shape index (κ3) is 3.04. The maximum atomic E-state index is 5.62. The van der Waals surface area contributed by atoms with E-state index in [0.717, 1.165) is 14.7 Å². The molecule has 0 atom stereocenters. The lowest BCUT2D eigenvalue weighted by molar-refractivity contribution is 0.338. The predicted molar refractivity (Wildman–Crippen MR) is 62.5 cm³/mol. The zero-order valence-electron chi connectivity index (χ0n) is 6.69. The van der Waals surface area contributed by atoms with Gasteiger partial charge < -0.3 is 10.5 Å². The van der Waals surface area contributed by atoms with Crippen LogP contribution in [0.5, 0.6) is 5.75 Å². The molecule has 1 aromatic carbocycles. The van der Waals surface area contributed by atoms with E-state index in [1.807, 2.05) is 0 Å². The Hall–Kier alpha value is 0.0700. The van der Waals surface area contributed by atoms with Crippen molar-refractivity contribution < 1.29 is 4.74 Å². The lowest BCUT2D eigenvalue weighted by Crippen LogP contribution is -2.00. The van der Waals surface area contributed by atoms with Gasteiger partial charge in [0.15, 0.2) is 0 Å². The average molecular weight is 329 g/mol. The second-order valence-electron chi connectivity index (χ2n) is 2.35. The molecule has 0 saturated heterocycles. The lowest BCUT2D eigenvalue weighted by atomic mass is 10.3. The van der Waals surface area contributed by atoms with Crippen molar-refractivity contribution >= 4 is 49.1 Å². The molecule has 0 aliphatic heterocycles. The molecule has 1 rings (SSSR count). The third-order valence-corrected chi connectivity index (χ3v) is 2.68. The van der Waals surface area contributed by atoms with Gasteiger partial charge in [-0.25, -0.2) is 0 Å². The summed E-state index contributed by atoms with van der Waals surface area (Å²) in [4.78, 5) is 0. The van der Waals surface area contributed by atoms with E-state index in [2.05, 4.69) is 31.9 Å². The number of anilines is 1. The molecule has 72 valence electrons. The summed E-state index contributed by atoms with van der Waals surface area (Å²) in [5.74, 6) is 1.19. The summed E-state index contributed by atoms with van der Waals surface area (Å²) in [6.07, 6.45) is 0. The molecule has 0 aliphatic rings. The zero-order valence-corrected chi connectivity index (χ0v) is 10.6. The Kier molecular flexibility index (Phi) is 4.35. The van der Waals surface area contributed by atoms with E-state index in [-0.39, 0.29) is 0 Å². The Morgan fingerprint density at radius 2 is 1.85 bits per heavy atom. The van der Waals surface area contributed by atoms with Gasteiger partial charge in [0.05, 0.1) is 14.8 Å². The molecular formula is C8H8Br2ClNO. The van der Waals surface area contributed by atoms with Crippen LogP contribution in [0.25, 0.3) is 0 Å². The molecule has 0 bridgehead atoms. The molecule has 0 unspecified atom stereocenters. The van der Waals surface area contributed by atoms with Gasteiger partial charge in [0.2, 0.25) is 0 Å². The van der Waals surface area contributed by atoms with Crippen molar-refractivity contribution in [3.8, 4) is 5.75 Å². The Morgan fingerprint density at radius 3 is 2.31 bits per heavy atom. The molecule has 13 heavy (non-hydrogen) atoms. The summed E-state index contributed by atoms with van der Waals surface area (Å²) in [6.45, 7) is 0.475. The number of ether oxygens (including phenoxy) is 1. The van der Waals surface area contributed by atoms with Crippen molar-refractivity contribution in [3.63, 3.8) is 0 Å². The first-order valence-electron chi connectivity index (χ1n) is 3.58. The van der Waals surface area contributed by atoms with Crippen molar-refractivity contribution in [2.75, 3.05) is 18.2 Å². The van der Waals surface area contributed by atoms with E-state index >= 15 is 0 Å². The highest BCUT2D eigenvalue weighted by Gasteiger charge is 2.07. The van der Waals surface area contributed by atoms with Gasteiger partial charge in [0.1, 0.15) is 12.4 Å². The molecule has 0 fully saturated rings. The number of halogens is 3. The van der Waals surface area contributed by atoms with Gasteiger partial charge in [-0.3, -0.25) is 0 Å². The van der Waals surface area contributed by atoms with Crippen LogP contribution in [0.4, 0.5) is 5.69 Å². The van der Waals surface area contributed by atoms with Gasteiger partial charge in [-0.2, -0.15) is 0 Å². The molecule has 5 heteroatoms. The molecule has 0 aromatic heterocycles. The Bertz CT molecular complexity index is 283. The molecule has 2 N–H and O–H groups in total. The van der Waals surface area contributed by atoms with E-state index in [1.54, 1.807) is 12.1 Å². The van der Waals surface area contributed by atoms with Gasteiger partial charge >= 0.3 is 0 Å². The largest absolute Gasteiger partial charge is 0.490 e. The Balaban J connectivity index is 2.92. The third-order valence-electron chi connectivity index (χ3n) is 1.34. The normalized spacial score (nSPS) is 10.1. The summed E-state index contributed by atoms with van der Waals surface area (Å²) >= 11 is 12.2. The summed E-state index contributed by atoms with van der Waals surface area (Å²) < 4.78 is 7.04. The second kappa shape index (κ2) is 5.08. The van der Waals surface area contributed by atoms with Crippen molar-refractivity contribution in [2.24, 2.45) is 0 Å². The maximum Gasteiger partial charge on any atom is 0.147 e. The van der Waals surface area contributed by atoms with Crippen LogP contribution in [-0.4, -0.2) is 12.5 Å². The standard InChI is InChI=1S/C8H8Br2ClNO/c9-6-3-5(12)4-7(10)8(6)13-2-1-11/h3-4H,1-2,12H2. The van der Waals surface area contributed by atoms with E-state index < -0.39 is 0 Å². The van der Waals surface area contributed by atoms with Crippen LogP contribution in [0.3, 0.4) is 0 Å². The second-order valence-corrected chi connectivity index (χ2v) is 4.44. The number of benzene rings is 1. The first kappa shape index (κ1) is 11.1. The van der Waals surface area contributed by atoms with Crippen LogP contribution in [0.15, 0.2) is 21.1 Å². The minimum absolute atomic E-state index is 0.462. The van der Waals surface area contributed by atoms with Gasteiger partial charge in [0, 0.05) is 5.69 Å². The van der Waals surface area contributed by atoms with Crippen LogP contribution in [0.2, 0.25) is 0 Å². The van der Waals surface area contributed by atoms with Crippen LogP contribution >= 0.6 is 43.5 Å². The van der Waals surface area contributed by atoms with Crippen molar-refractivity contribution in [1.82, 2.24) is 0 Å². The molecule has 0 spiro atoms. The number of hydrogen-bond donors (Lipinski definition) is 1. The van der Waals surface area contributed by atoms with Crippen molar-refractivity contribution in [2.45, 2.75) is 0 Å². The molecule has 0 radical (unpaired) electrons. The Morgan fingerprint density at radius 1 is 1.31 bits per heavy atom. The van der Waals surface area contributed by atoms with Crippen molar-refractivity contribution in [3.05, 3.63) is 21.1 Å². The van der Waals surface area contributed by atoms with E-state index in [1.165, 1.54) is 0 Å². The van der Waals surface area contributed by atoms with Crippen LogP contribution < -0.4 is 10.5 Å². The first-order chi connectivity index (χ1) is 6.15. The highest BCUT2D eigenvalue weighted by Crippen LogP contribution is 2.35. The van der Waals surface area contributed by atoms with Gasteiger partial charge in [-0.05, 0) is 44.0 Å². The summed E-state index contributed by atoms with van der Waals surface area (Å²) in [5.41, 5.74) is 6.29. The van der Waals surface area contributed by atoms with E-state index in [0.29, 0.717) is 18.2 Å². The fourth-order valence-electron chi connectivity index (χ4n) is 0.858. The van der Waals surface area contributed by atoms with Crippen LogP contribution in [0.1, 0.15) is 0 Å². The predicted octanol–water partition coefficient (Wildman–Crippen LogP) is 3.41. The zero-order chi connectivity index (χ0) is 9.84. The fraction of sp³-hybridized carbons (Fsp3) is 0.250. The summed E-state index contributed by atoms with van der Waals surface area (Å²) in [5, 5.41) is 0. The minimum atomic E-state index is 0.462. The topological polar surface area (TPSA) is 35.2 Å². The molecule has 0 aliphatic carbocycles. The molecule has 1 aromatic rings. The fourth-order valence-corrected chi connectivity index (χ4v) is 2.39. The monoisotopic (exact) mass is 327 g/mol. The number of rotatable bonds is 3. The highest BCUT2D eigenvalue weighted by molar-refractivity contribution is 9.11. The highest BCUT2D eigenvalue weighted by atomic mass is 79.9. The number of nitrogen functional groups attached to an aromatic ring is 1. The number of nitrogens with two attached hydrogens (primary N) is 1. The molecule has 0 heterocycles. The average Bonchev–Trinajstić information content (AvgIpc) is 2.02. The first-order valence-corrected chi connectivity index (χ1v) is 5.70. The minimum Gasteiger partial charge on any atom is -0.490 e. The molecular weight excluding hydrogens is 321 g/mol. The molecule has 0 amide bonds. The number of hydrogen-bond acceptors (Lipinski definition) is 2. The maximum absolute atomic E-state index is 5.62. The van der Waals surface area contributed by atoms with Crippen molar-refractivity contribution in [1.29, 1.82) is 0 Å². The van der Waals surface area contributed by atoms with E-state index in [4.69, 9.17) is 22.1 Å². The summed E-state index contributed by atoms with van der Waals surface area (Å²) in [6, 6.07) is 3.57. The Labute approximate surface area is 98.7 Å². The van der Waals surface area contributed by atoms with E-state index in [9.17, 15) is 0 Å². The SMILES string of the molecule is Nc1cc(Br)c(OCCCl)c(Br)c1. The smallest absolute Gasteiger partial charge is 0.147 e. The summed E-state index contributed by atoms with van der Waals surface area (Å²) in [7, 11) is 0. The quantitative estimate of drug-likeness (QED) is 0.681. The van der Waals surface area contributed by atoms with Crippen LogP contribution in [-0.2, 0) is 0 Å². The molecule has 2 nitrogen and oxygen atoms in total. The lowest BCUT2D eigenvalue weighted by Gasteiger charge is -2.09. The van der Waals surface area contributed by atoms with Crippen LogP contribution in [0, 0.1) is 0 Å². The van der Waals surface area contributed by atoms with Gasteiger partial charge in [-0.15, -0.1) is 11.6 Å².